The van der Waals surface area contributed by atoms with Crippen molar-refractivity contribution in [1.82, 2.24) is 4.98 Å². The first-order valence-electron chi connectivity index (χ1n) is 5.31. The monoisotopic (exact) mass is 224 g/mol. The Morgan fingerprint density at radius 1 is 1.12 bits per heavy atom. The van der Waals surface area contributed by atoms with E-state index in [4.69, 9.17) is 10.00 Å². The highest BCUT2D eigenvalue weighted by Gasteiger charge is 2.09. The maximum Gasteiger partial charge on any atom is 0.237 e. The molecule has 0 amide bonds. The van der Waals surface area contributed by atoms with Crippen LogP contribution >= 0.6 is 0 Å². The molecule has 0 unspecified atom stereocenters. The number of ether oxygens (including phenoxy) is 1. The van der Waals surface area contributed by atoms with Crippen molar-refractivity contribution in [1.29, 1.82) is 5.26 Å². The summed E-state index contributed by atoms with van der Waals surface area (Å²) in [4.78, 5) is 4.10. The van der Waals surface area contributed by atoms with Gasteiger partial charge in [0.15, 0.2) is 0 Å². The first-order chi connectivity index (χ1) is 8.22. The predicted octanol–water partition coefficient (Wildman–Crippen LogP) is 3.36. The number of benzene rings is 1. The Balaban J connectivity index is 2.41. The van der Waals surface area contributed by atoms with E-state index < -0.39 is 0 Å². The Labute approximate surface area is 100 Å². The molecule has 0 aliphatic carbocycles. The lowest BCUT2D eigenvalue weighted by atomic mass is 10.2. The van der Waals surface area contributed by atoms with E-state index in [0.717, 1.165) is 16.9 Å². The van der Waals surface area contributed by atoms with Gasteiger partial charge in [-0.25, -0.2) is 4.98 Å². The highest BCUT2D eigenvalue weighted by molar-refractivity contribution is 5.46. The molecule has 84 valence electrons. The minimum Gasteiger partial charge on any atom is -0.437 e. The number of pyridine rings is 1. The largest absolute Gasteiger partial charge is 0.437 e. The van der Waals surface area contributed by atoms with Crippen LogP contribution < -0.4 is 4.74 Å². The van der Waals surface area contributed by atoms with Crippen LogP contribution in [-0.4, -0.2) is 4.98 Å². The van der Waals surface area contributed by atoms with Crippen LogP contribution in [0, 0.1) is 25.2 Å². The second-order valence-electron chi connectivity index (χ2n) is 3.79. The molecule has 2 aromatic rings. The summed E-state index contributed by atoms with van der Waals surface area (Å²) in [6.45, 7) is 3.82. The number of nitriles is 1. The van der Waals surface area contributed by atoms with Crippen LogP contribution in [0.4, 0.5) is 0 Å². The van der Waals surface area contributed by atoms with E-state index in [1.165, 1.54) is 0 Å². The Morgan fingerprint density at radius 2 is 1.88 bits per heavy atom. The summed E-state index contributed by atoms with van der Waals surface area (Å²) in [5.41, 5.74) is 2.36. The molecule has 0 fully saturated rings. The lowest BCUT2D eigenvalue weighted by Gasteiger charge is -2.09. The molecule has 1 aromatic carbocycles. The molecule has 1 heterocycles. The Hall–Kier alpha value is -2.34. The Kier molecular flexibility index (Phi) is 3.06. The van der Waals surface area contributed by atoms with Crippen molar-refractivity contribution < 1.29 is 4.74 Å². The van der Waals surface area contributed by atoms with Crippen molar-refractivity contribution in [2.24, 2.45) is 0 Å². The van der Waals surface area contributed by atoms with Gasteiger partial charge in [0.2, 0.25) is 5.88 Å². The molecular weight excluding hydrogens is 212 g/mol. The van der Waals surface area contributed by atoms with E-state index in [1.807, 2.05) is 38.1 Å². The van der Waals surface area contributed by atoms with Crippen molar-refractivity contribution in [3.8, 4) is 17.7 Å². The molecule has 0 saturated heterocycles. The van der Waals surface area contributed by atoms with E-state index in [9.17, 15) is 0 Å². The van der Waals surface area contributed by atoms with Gasteiger partial charge in [-0.2, -0.15) is 5.26 Å². The average Bonchev–Trinajstić information content (AvgIpc) is 2.32. The first-order valence-corrected chi connectivity index (χ1v) is 5.31. The summed E-state index contributed by atoms with van der Waals surface area (Å²) >= 11 is 0. The summed E-state index contributed by atoms with van der Waals surface area (Å²) in [5.74, 6) is 1.09. The highest BCUT2D eigenvalue weighted by Crippen LogP contribution is 2.26. The van der Waals surface area contributed by atoms with Crippen LogP contribution in [0.3, 0.4) is 0 Å². The molecule has 17 heavy (non-hydrogen) atoms. The SMILES string of the molecule is Cc1ccccc1Oc1nccc(C)c1C#N. The third kappa shape index (κ3) is 2.26. The zero-order chi connectivity index (χ0) is 12.3. The van der Waals surface area contributed by atoms with Crippen molar-refractivity contribution >= 4 is 0 Å². The fourth-order valence-corrected chi connectivity index (χ4v) is 1.52. The molecule has 2 rings (SSSR count). The number of hydrogen-bond acceptors (Lipinski definition) is 3. The molecule has 3 heteroatoms. The second kappa shape index (κ2) is 4.67. The van der Waals surface area contributed by atoms with Gasteiger partial charge in [0, 0.05) is 6.20 Å². The highest BCUT2D eigenvalue weighted by atomic mass is 16.5. The van der Waals surface area contributed by atoms with Crippen LogP contribution in [0.2, 0.25) is 0 Å². The van der Waals surface area contributed by atoms with Gasteiger partial charge in [0.25, 0.3) is 0 Å². The summed E-state index contributed by atoms with van der Waals surface area (Å²) in [5, 5.41) is 9.08. The van der Waals surface area contributed by atoms with E-state index in [0.29, 0.717) is 11.4 Å². The fourth-order valence-electron chi connectivity index (χ4n) is 1.52. The summed E-state index contributed by atoms with van der Waals surface area (Å²) in [6, 6.07) is 11.6. The first kappa shape index (κ1) is 11.2. The van der Waals surface area contributed by atoms with Crippen LogP contribution in [0.15, 0.2) is 36.5 Å². The molecule has 0 N–H and O–H groups in total. The van der Waals surface area contributed by atoms with Gasteiger partial charge in [0.1, 0.15) is 17.4 Å². The average molecular weight is 224 g/mol. The van der Waals surface area contributed by atoms with Gasteiger partial charge >= 0.3 is 0 Å². The van der Waals surface area contributed by atoms with Crippen molar-refractivity contribution in [2.75, 3.05) is 0 Å². The number of aryl methyl sites for hydroxylation is 2. The van der Waals surface area contributed by atoms with E-state index in [2.05, 4.69) is 11.1 Å². The topological polar surface area (TPSA) is 45.9 Å². The molecule has 1 aromatic heterocycles. The number of para-hydroxylation sites is 1. The summed E-state index contributed by atoms with van der Waals surface area (Å²) in [7, 11) is 0. The molecule has 0 radical (unpaired) electrons. The van der Waals surface area contributed by atoms with Crippen LogP contribution in [0.25, 0.3) is 0 Å². The Bertz CT molecular complexity index is 585. The van der Waals surface area contributed by atoms with Crippen molar-refractivity contribution in [3.05, 3.63) is 53.2 Å². The molecule has 0 saturated carbocycles. The van der Waals surface area contributed by atoms with Crippen LogP contribution in [0.1, 0.15) is 16.7 Å². The van der Waals surface area contributed by atoms with E-state index >= 15 is 0 Å². The zero-order valence-electron chi connectivity index (χ0n) is 9.77. The second-order valence-corrected chi connectivity index (χ2v) is 3.79. The van der Waals surface area contributed by atoms with E-state index in [-0.39, 0.29) is 0 Å². The number of nitrogens with zero attached hydrogens (tertiary/aromatic N) is 2. The van der Waals surface area contributed by atoms with Crippen LogP contribution in [-0.2, 0) is 0 Å². The number of hydrogen-bond donors (Lipinski definition) is 0. The minimum absolute atomic E-state index is 0.363. The van der Waals surface area contributed by atoms with Crippen molar-refractivity contribution in [3.63, 3.8) is 0 Å². The quantitative estimate of drug-likeness (QED) is 0.785. The van der Waals surface area contributed by atoms with E-state index in [1.54, 1.807) is 12.3 Å². The lowest BCUT2D eigenvalue weighted by molar-refractivity contribution is 0.457. The lowest BCUT2D eigenvalue weighted by Crippen LogP contribution is -1.95. The molecule has 0 aliphatic rings. The van der Waals surface area contributed by atoms with Gasteiger partial charge < -0.3 is 4.74 Å². The third-order valence-corrected chi connectivity index (χ3v) is 2.54. The molecule has 0 spiro atoms. The normalized spacial score (nSPS) is 9.71. The predicted molar refractivity (Wildman–Crippen MR) is 64.9 cm³/mol. The number of aromatic nitrogens is 1. The molecule has 0 atom stereocenters. The number of rotatable bonds is 2. The maximum atomic E-state index is 9.08. The summed E-state index contributed by atoms with van der Waals surface area (Å²) in [6.07, 6.45) is 1.64. The van der Waals surface area contributed by atoms with Gasteiger partial charge in [-0.15, -0.1) is 0 Å². The van der Waals surface area contributed by atoms with Gasteiger partial charge in [0.05, 0.1) is 0 Å². The summed E-state index contributed by atoms with van der Waals surface area (Å²) < 4.78 is 5.68. The van der Waals surface area contributed by atoms with Gasteiger partial charge in [-0.05, 0) is 37.1 Å². The third-order valence-electron chi connectivity index (χ3n) is 2.54. The standard InChI is InChI=1S/C14H12N2O/c1-10-7-8-16-14(12(10)9-15)17-13-6-4-3-5-11(13)2/h3-8H,1-2H3. The smallest absolute Gasteiger partial charge is 0.237 e. The van der Waals surface area contributed by atoms with Crippen molar-refractivity contribution in [2.45, 2.75) is 13.8 Å². The van der Waals surface area contributed by atoms with Crippen LogP contribution in [0.5, 0.6) is 11.6 Å². The molecular formula is C14H12N2O. The van der Waals surface area contributed by atoms with Gasteiger partial charge in [-0.3, -0.25) is 0 Å². The molecule has 0 bridgehead atoms. The Morgan fingerprint density at radius 3 is 2.59 bits per heavy atom. The minimum atomic E-state index is 0.363. The fraction of sp³-hybridized carbons (Fsp3) is 0.143. The maximum absolute atomic E-state index is 9.08. The molecule has 3 nitrogen and oxygen atoms in total. The van der Waals surface area contributed by atoms with Gasteiger partial charge in [-0.1, -0.05) is 18.2 Å². The molecule has 0 aliphatic heterocycles. The zero-order valence-corrected chi connectivity index (χ0v) is 9.77.